The third-order valence-electron chi connectivity index (χ3n) is 7.13. The first kappa shape index (κ1) is 33.6. The van der Waals surface area contributed by atoms with Crippen LogP contribution in [0.2, 0.25) is 0 Å². The Morgan fingerprint density at radius 1 is 1.09 bits per heavy atom. The number of carbonyl (C=O) groups excluding carboxylic acids is 4. The quantitative estimate of drug-likeness (QED) is 0.180. The number of nitrogens with zero attached hydrogens (tertiary/aromatic N) is 4. The van der Waals surface area contributed by atoms with Crippen molar-refractivity contribution in [3.05, 3.63) is 71.9 Å². The molecule has 0 saturated carbocycles. The van der Waals surface area contributed by atoms with Crippen LogP contribution in [0.15, 0.2) is 55.3 Å². The number of nitrogens with one attached hydrogen (secondary N) is 3. The molecule has 1 aliphatic rings. The molecule has 46 heavy (non-hydrogen) atoms. The number of nitrogens with two attached hydrogens (primary N) is 1. The molecule has 3 aromatic rings. The zero-order valence-electron chi connectivity index (χ0n) is 26.9. The molecule has 4 amide bonds. The molecule has 0 bridgehead atoms. The number of hydrogen-bond donors (Lipinski definition) is 4. The van der Waals surface area contributed by atoms with Gasteiger partial charge in [-0.3, -0.25) is 24.2 Å². The van der Waals surface area contributed by atoms with Crippen LogP contribution in [-0.4, -0.2) is 52.5 Å². The fourth-order valence-corrected chi connectivity index (χ4v) is 4.71. The van der Waals surface area contributed by atoms with Gasteiger partial charge in [-0.15, -0.1) is 0 Å². The molecule has 0 fully saturated rings. The van der Waals surface area contributed by atoms with Crippen LogP contribution in [0.4, 0.5) is 39.3 Å². The minimum atomic E-state index is -0.927. The summed E-state index contributed by atoms with van der Waals surface area (Å²) in [6.07, 6.45) is 2.99. The van der Waals surface area contributed by atoms with Crippen LogP contribution < -0.4 is 31.5 Å². The van der Waals surface area contributed by atoms with Crippen LogP contribution in [0, 0.1) is 13.8 Å². The third-order valence-corrected chi connectivity index (χ3v) is 7.13. The Bertz CT molecular complexity index is 1680. The van der Waals surface area contributed by atoms with Crippen molar-refractivity contribution in [1.29, 1.82) is 0 Å². The summed E-state index contributed by atoms with van der Waals surface area (Å²) < 4.78 is 5.29. The number of ether oxygens (including phenoxy) is 1. The number of carbonyl (C=O) groups is 4. The van der Waals surface area contributed by atoms with Crippen LogP contribution in [-0.2, 0) is 25.7 Å². The van der Waals surface area contributed by atoms with Crippen molar-refractivity contribution in [3.8, 4) is 0 Å². The highest BCUT2D eigenvalue weighted by Gasteiger charge is 2.32. The minimum absolute atomic E-state index is 0.0122. The second-order valence-corrected chi connectivity index (χ2v) is 12.0. The highest BCUT2D eigenvalue weighted by atomic mass is 16.6. The van der Waals surface area contributed by atoms with E-state index in [1.54, 1.807) is 63.2 Å². The highest BCUT2D eigenvalue weighted by molar-refractivity contribution is 6.06. The Balaban J connectivity index is 1.47. The van der Waals surface area contributed by atoms with Crippen molar-refractivity contribution in [1.82, 2.24) is 9.97 Å². The molecule has 0 radical (unpaired) electrons. The summed E-state index contributed by atoms with van der Waals surface area (Å²) in [5.74, 6) is -0.475. The summed E-state index contributed by atoms with van der Waals surface area (Å²) in [6, 6.07) is 9.44. The Kier molecular flexibility index (Phi) is 10.1. The van der Waals surface area contributed by atoms with E-state index in [0.29, 0.717) is 34.1 Å². The fourth-order valence-electron chi connectivity index (χ4n) is 4.71. The van der Waals surface area contributed by atoms with Crippen molar-refractivity contribution in [2.24, 2.45) is 5.73 Å². The molecule has 13 nitrogen and oxygen atoms in total. The average molecular weight is 629 g/mol. The van der Waals surface area contributed by atoms with Crippen molar-refractivity contribution >= 4 is 58.3 Å². The number of aryl methyl sites for hydroxylation is 2. The van der Waals surface area contributed by atoms with Crippen LogP contribution in [0.25, 0.3) is 0 Å². The van der Waals surface area contributed by atoms with Gasteiger partial charge >= 0.3 is 12.0 Å². The van der Waals surface area contributed by atoms with Gasteiger partial charge < -0.3 is 26.4 Å². The molecule has 242 valence electrons. The zero-order chi connectivity index (χ0) is 33.8. The molecule has 0 aliphatic carbocycles. The first-order valence-electron chi connectivity index (χ1n) is 14.8. The summed E-state index contributed by atoms with van der Waals surface area (Å²) >= 11 is 0. The van der Waals surface area contributed by atoms with E-state index in [1.807, 2.05) is 26.0 Å². The third kappa shape index (κ3) is 8.24. The van der Waals surface area contributed by atoms with Gasteiger partial charge in [0.15, 0.2) is 0 Å². The van der Waals surface area contributed by atoms with Crippen molar-refractivity contribution in [3.63, 3.8) is 0 Å². The van der Waals surface area contributed by atoms with Gasteiger partial charge in [-0.05, 0) is 82.5 Å². The van der Waals surface area contributed by atoms with Gasteiger partial charge in [0.2, 0.25) is 17.8 Å². The standard InChI is InChI=1S/C33H40N8O5/c1-8-27(42)38-25-15-22(11-9-19(25)2)37-31-35-17-21-18-41(32(45)40(7)29(21)39-31)26-16-23(12-10-20(26)3)36-30(44)24(34)13-14-28(43)46-33(4,5)6/h8-12,15-17,24H,1,13-14,18,34H2,2-7H3,(H,36,44)(H,38,42)(H,35,37,39). The van der Waals surface area contributed by atoms with E-state index >= 15 is 0 Å². The van der Waals surface area contributed by atoms with Gasteiger partial charge in [0.05, 0.1) is 18.3 Å². The number of anilines is 6. The van der Waals surface area contributed by atoms with E-state index in [4.69, 9.17) is 10.5 Å². The zero-order valence-corrected chi connectivity index (χ0v) is 26.9. The van der Waals surface area contributed by atoms with Gasteiger partial charge in [0.1, 0.15) is 11.4 Å². The summed E-state index contributed by atoms with van der Waals surface area (Å²) in [4.78, 5) is 62.3. The summed E-state index contributed by atoms with van der Waals surface area (Å²) in [7, 11) is 1.63. The predicted octanol–water partition coefficient (Wildman–Crippen LogP) is 4.93. The summed E-state index contributed by atoms with van der Waals surface area (Å²) in [6.45, 7) is 12.7. The van der Waals surface area contributed by atoms with E-state index in [0.717, 1.165) is 11.1 Å². The largest absolute Gasteiger partial charge is 0.460 e. The molecule has 1 unspecified atom stereocenters. The topological polar surface area (TPSA) is 172 Å². The van der Waals surface area contributed by atoms with E-state index in [2.05, 4.69) is 32.5 Å². The second kappa shape index (κ2) is 13.8. The first-order valence-corrected chi connectivity index (χ1v) is 14.8. The Morgan fingerprint density at radius 2 is 1.78 bits per heavy atom. The number of amides is 4. The Labute approximate surface area is 268 Å². The lowest BCUT2D eigenvalue weighted by molar-refractivity contribution is -0.155. The molecule has 1 aromatic heterocycles. The molecule has 5 N–H and O–H groups in total. The van der Waals surface area contributed by atoms with Crippen molar-refractivity contribution in [2.75, 3.05) is 32.8 Å². The van der Waals surface area contributed by atoms with E-state index in [-0.39, 0.29) is 37.3 Å². The van der Waals surface area contributed by atoms with Crippen molar-refractivity contribution in [2.45, 2.75) is 65.6 Å². The normalized spacial score (nSPS) is 13.4. The predicted molar refractivity (Wildman–Crippen MR) is 178 cm³/mol. The van der Waals surface area contributed by atoms with Gasteiger partial charge in [0, 0.05) is 42.3 Å². The molecule has 2 aromatic carbocycles. The minimum Gasteiger partial charge on any atom is -0.460 e. The molecule has 0 spiro atoms. The molecular weight excluding hydrogens is 588 g/mol. The monoisotopic (exact) mass is 628 g/mol. The first-order chi connectivity index (χ1) is 21.6. The maximum atomic E-state index is 13.6. The Hall–Kier alpha value is -5.30. The van der Waals surface area contributed by atoms with E-state index in [1.165, 1.54) is 11.0 Å². The van der Waals surface area contributed by atoms with Gasteiger partial charge in [0.25, 0.3) is 0 Å². The van der Waals surface area contributed by atoms with Gasteiger partial charge in [-0.2, -0.15) is 4.98 Å². The number of aromatic nitrogens is 2. The van der Waals surface area contributed by atoms with E-state index < -0.39 is 23.5 Å². The number of benzene rings is 2. The molecule has 0 saturated heterocycles. The van der Waals surface area contributed by atoms with Gasteiger partial charge in [-0.25, -0.2) is 9.78 Å². The number of urea groups is 1. The number of rotatable bonds is 10. The summed E-state index contributed by atoms with van der Waals surface area (Å²) in [5, 5.41) is 8.69. The SMILES string of the molecule is C=CC(=O)Nc1cc(Nc2ncc3c(n2)N(C)C(=O)N(c2cc(NC(=O)C(N)CCC(=O)OC(C)(C)C)ccc2C)C3)ccc1C. The van der Waals surface area contributed by atoms with Gasteiger partial charge in [-0.1, -0.05) is 18.7 Å². The van der Waals surface area contributed by atoms with E-state index in [9.17, 15) is 19.2 Å². The van der Waals surface area contributed by atoms with Crippen LogP contribution in [0.5, 0.6) is 0 Å². The molecule has 1 atom stereocenters. The molecule has 2 heterocycles. The molecular formula is C33H40N8O5. The highest BCUT2D eigenvalue weighted by Crippen LogP contribution is 2.33. The Morgan fingerprint density at radius 3 is 2.48 bits per heavy atom. The number of hydrogen-bond acceptors (Lipinski definition) is 9. The van der Waals surface area contributed by atoms with Crippen LogP contribution in [0.1, 0.15) is 50.3 Å². The second-order valence-electron chi connectivity index (χ2n) is 12.0. The fraction of sp³-hybridized carbons (Fsp3) is 0.333. The lowest BCUT2D eigenvalue weighted by atomic mass is 10.1. The molecule has 4 rings (SSSR count). The molecule has 1 aliphatic heterocycles. The smallest absolute Gasteiger partial charge is 0.330 e. The maximum Gasteiger partial charge on any atom is 0.330 e. The average Bonchev–Trinajstić information content (AvgIpc) is 2.99. The lowest BCUT2D eigenvalue weighted by Gasteiger charge is -2.35. The van der Waals surface area contributed by atoms with Crippen LogP contribution in [0.3, 0.4) is 0 Å². The van der Waals surface area contributed by atoms with Crippen LogP contribution >= 0.6 is 0 Å². The molecule has 13 heteroatoms. The number of esters is 1. The van der Waals surface area contributed by atoms with Crippen molar-refractivity contribution < 1.29 is 23.9 Å². The number of fused-ring (bicyclic) bond motifs is 1. The summed E-state index contributed by atoms with van der Waals surface area (Å²) in [5.41, 5.74) is 10.2. The maximum absolute atomic E-state index is 13.6. The lowest BCUT2D eigenvalue weighted by Crippen LogP contribution is -2.46.